The summed E-state index contributed by atoms with van der Waals surface area (Å²) in [5.41, 5.74) is 12.7. The molecule has 2 saturated heterocycles. The van der Waals surface area contributed by atoms with Crippen LogP contribution in [0, 0.1) is 3.70 Å². The number of anilines is 3. The van der Waals surface area contributed by atoms with E-state index in [1.165, 1.54) is 34.5 Å². The number of imidazole rings is 3. The number of fused-ring (bicyclic) bond motifs is 7. The van der Waals surface area contributed by atoms with Crippen molar-refractivity contribution in [2.45, 2.75) is 98.8 Å². The molecule has 0 aliphatic carbocycles. The number of phenols is 2. The van der Waals surface area contributed by atoms with E-state index in [2.05, 4.69) is 130 Å². The maximum absolute atomic E-state index is 12.9. The summed E-state index contributed by atoms with van der Waals surface area (Å²) in [6, 6.07) is 61.4. The van der Waals surface area contributed by atoms with Crippen molar-refractivity contribution in [3.8, 4) is 56.9 Å². The zero-order chi connectivity index (χ0) is 101. The first-order valence-corrected chi connectivity index (χ1v) is 47.8. The van der Waals surface area contributed by atoms with Crippen LogP contribution in [0.5, 0.6) is 11.5 Å². The molecule has 0 bridgehead atoms. The molecule has 22 rings (SSSR count). The molecule has 734 valence electrons. The summed E-state index contributed by atoms with van der Waals surface area (Å²) in [5, 5.41) is 67.8. The minimum atomic E-state index is -1.40. The Morgan fingerprint density at radius 1 is 0.417 bits per heavy atom. The number of carbonyl (C=O) groups is 3. The maximum Gasteiger partial charge on any atom is 0.490 e. The third kappa shape index (κ3) is 25.6. The molecule has 0 atom stereocenters. The lowest BCUT2D eigenvalue weighted by atomic mass is 9.82. The van der Waals surface area contributed by atoms with Crippen LogP contribution in [0.25, 0.3) is 123 Å². The average molecular weight is 2110 g/mol. The summed E-state index contributed by atoms with van der Waals surface area (Å²) in [4.78, 5) is 99.8. The fourth-order valence-corrected chi connectivity index (χ4v) is 16.6. The van der Waals surface area contributed by atoms with Crippen molar-refractivity contribution in [3.63, 3.8) is 0 Å². The minimum absolute atomic E-state index is 0.00318. The summed E-state index contributed by atoms with van der Waals surface area (Å²) >= 11 is 20.1. The highest BCUT2D eigenvalue weighted by Crippen LogP contribution is 2.36. The third-order valence-electron chi connectivity index (χ3n) is 21.8. The summed E-state index contributed by atoms with van der Waals surface area (Å²) < 4.78 is 25.7. The number of aromatic nitrogens is 24. The predicted octanol–water partition coefficient (Wildman–Crippen LogP) is 15.7. The molecule has 16 heterocycles. The molecule has 0 amide bonds. The Morgan fingerprint density at radius 2 is 0.826 bits per heavy atom. The van der Waals surface area contributed by atoms with Crippen molar-refractivity contribution in [1.29, 1.82) is 0 Å². The number of aromatic amines is 2. The van der Waals surface area contributed by atoms with Crippen molar-refractivity contribution < 1.29 is 48.9 Å². The Labute approximate surface area is 853 Å². The molecule has 2 fully saturated rings. The second kappa shape index (κ2) is 45.5. The highest BCUT2D eigenvalue weighted by atomic mass is 127. The number of H-pyrrole nitrogens is 2. The molecule has 144 heavy (non-hydrogen) atoms. The van der Waals surface area contributed by atoms with E-state index < -0.39 is 35.9 Å². The molecule has 0 unspecified atom stereocenters. The normalized spacial score (nSPS) is 12.6. The molecule has 2 aliphatic rings. The van der Waals surface area contributed by atoms with E-state index in [-0.39, 0.29) is 47.1 Å². The second-order valence-corrected chi connectivity index (χ2v) is 37.8. The Balaban J connectivity index is 0.000000131. The fourth-order valence-electron chi connectivity index (χ4n) is 15.5. The van der Waals surface area contributed by atoms with Gasteiger partial charge in [-0.05, 0) is 223 Å². The van der Waals surface area contributed by atoms with Crippen LogP contribution in [-0.4, -0.2) is 233 Å². The number of nitrogens with zero attached hydrogens (tertiary/aromatic N) is 25. The van der Waals surface area contributed by atoms with Crippen LogP contribution < -0.4 is 25.5 Å². The lowest BCUT2D eigenvalue weighted by Crippen LogP contribution is -2.47. The van der Waals surface area contributed by atoms with Gasteiger partial charge in [0.25, 0.3) is 0 Å². The molecule has 20 aromatic rings. The van der Waals surface area contributed by atoms with Gasteiger partial charge in [-0.2, -0.15) is 45.3 Å². The number of halogens is 4. The maximum atomic E-state index is 12.9. The van der Waals surface area contributed by atoms with E-state index in [0.717, 1.165) is 121 Å². The second-order valence-electron chi connectivity index (χ2n) is 35.7. The number of nitrogens with one attached hydrogen (secondary N) is 3. The molecular weight excluding hydrogens is 2010 g/mol. The number of pyridine rings is 4. The molecule has 0 saturated carbocycles. The van der Waals surface area contributed by atoms with E-state index in [9.17, 15) is 19.5 Å². The highest BCUT2D eigenvalue weighted by molar-refractivity contribution is 14.1. The number of carbonyl (C=O) groups excluding carboxylic acids is 3. The van der Waals surface area contributed by atoms with Gasteiger partial charge in [0.2, 0.25) is 16.5 Å². The number of ether oxygens (including phenoxy) is 3. The van der Waals surface area contributed by atoms with Crippen LogP contribution in [-0.2, 0) is 48.2 Å². The number of benzene rings is 6. The van der Waals surface area contributed by atoms with Gasteiger partial charge in [-0.25, -0.2) is 29.3 Å². The van der Waals surface area contributed by atoms with Crippen LogP contribution in [0.3, 0.4) is 0 Å². The Hall–Kier alpha value is -15.6. The predicted molar refractivity (Wildman–Crippen MR) is 562 cm³/mol. The molecular formula is C101H99BCl3IN28O10. The smallest absolute Gasteiger partial charge is 0.490 e. The van der Waals surface area contributed by atoms with Gasteiger partial charge in [-0.3, -0.25) is 44.5 Å². The first-order valence-electron chi connectivity index (χ1n) is 45.6. The monoisotopic (exact) mass is 2110 g/mol. The molecule has 0 spiro atoms. The summed E-state index contributed by atoms with van der Waals surface area (Å²) in [6.07, 6.45) is 18.2. The number of rotatable bonds is 15. The SMILES string of the molecule is CC(C)(C)OC(=O)Cn1cnc2c(-n3nc(-c4cccnc4)c4ccccc43)nc(Cl)nc21.CC(C)(C)OC(=O)Cn1cnc2c(-n3nc(-c4cccnc4)c4ccccc43)nc(N3CCN(c4ccc(O)cc4)CC3)nc21.CC(C)(C)OC(=O)Cn1cnc2c(Cl)nc(Cl)nc21.Ic1[nH]nc2ccccc12.OB(O)c1cccnc1.Oc1ccc(N2CCNCC2)cc1.c1cncc(-c2n[nH]c3ccccc23)c1. The minimum Gasteiger partial charge on any atom is -0.508 e. The van der Waals surface area contributed by atoms with Gasteiger partial charge in [-0.15, -0.1) is 0 Å². The zero-order valence-electron chi connectivity index (χ0n) is 79.6. The van der Waals surface area contributed by atoms with Crippen molar-refractivity contribution in [3.05, 3.63) is 282 Å². The number of aromatic hydroxyl groups is 2. The molecule has 6 aromatic carbocycles. The third-order valence-corrected chi connectivity index (χ3v) is 23.2. The highest BCUT2D eigenvalue weighted by Gasteiger charge is 2.30. The number of para-hydroxylation sites is 4. The number of phenolic OH excluding ortho intramolecular Hbond substituents is 2. The zero-order valence-corrected chi connectivity index (χ0v) is 84.0. The Kier molecular flexibility index (Phi) is 32.1. The Bertz CT molecular complexity index is 7810. The van der Waals surface area contributed by atoms with Crippen molar-refractivity contribution >= 4 is 182 Å². The van der Waals surface area contributed by atoms with Crippen molar-refractivity contribution in [2.75, 3.05) is 67.1 Å². The van der Waals surface area contributed by atoms with Gasteiger partial charge in [0.1, 0.15) is 74.2 Å². The van der Waals surface area contributed by atoms with Crippen LogP contribution >= 0.6 is 57.4 Å². The van der Waals surface area contributed by atoms with Gasteiger partial charge in [0.05, 0.1) is 41.0 Å². The lowest BCUT2D eigenvalue weighted by molar-refractivity contribution is -0.156. The van der Waals surface area contributed by atoms with Gasteiger partial charge in [-0.1, -0.05) is 90.5 Å². The summed E-state index contributed by atoms with van der Waals surface area (Å²) in [5.74, 6) is 0.862. The topological polar surface area (TPSA) is 457 Å². The number of esters is 3. The molecule has 0 radical (unpaired) electrons. The van der Waals surface area contributed by atoms with Gasteiger partial charge in [0.15, 0.2) is 44.8 Å². The first-order chi connectivity index (χ1) is 69.3. The molecule has 43 heteroatoms. The van der Waals surface area contributed by atoms with E-state index in [1.54, 1.807) is 114 Å². The standard InChI is InChI=1S/C33H33N9O3.C23H20ClN7O2.C12H9N3.C11H12Cl2N4O2.C10H14N2O.C7H5IN2.C5H6BNO2/c1-33(2,3)45-27(44)20-41-21-35-29-30(41)36-32(40-17-15-39(16-18-40)23-10-12-24(43)13-11-23)37-31(29)42-26-9-5-4-8-25(26)28(38-42)22-7-6-14-34-19-22;1-23(2,3)33-17(32)12-30-13-26-19-20(30)27-22(24)28-21(19)31-16-9-5-4-8-15(16)18(29-31)14-7-6-10-25-11-14;1-2-6-11-10(5-1)12(15-14-11)9-4-3-7-13-8-9;1-11(2,3)19-6(18)4-17-5-14-7-8(12)15-10(13)16-9(7)17;13-10-3-1-9(2-4-10)12-7-5-11-6-8-12;8-7-5-3-1-2-4-6(5)9-10-7;8-6(9)5-2-1-3-7-4-5/h4-14,19,21,43H,15-18,20H2,1-3H3;4-11,13H,12H2,1-3H3;1-8H,(H,14,15);5H,4H2,1-3H3;1-4,11,13H,5-8H2;1-4H,(H,9,10);1-4,8-9H. The van der Waals surface area contributed by atoms with E-state index in [1.807, 2.05) is 198 Å². The van der Waals surface area contributed by atoms with Crippen LogP contribution in [0.4, 0.5) is 17.3 Å². The average Bonchev–Trinajstić information content (AvgIpc) is 1.60. The van der Waals surface area contributed by atoms with Crippen LogP contribution in [0.1, 0.15) is 62.3 Å². The lowest BCUT2D eigenvalue weighted by Gasteiger charge is -2.36. The molecule has 2 aliphatic heterocycles. The van der Waals surface area contributed by atoms with Crippen LogP contribution in [0.2, 0.25) is 15.7 Å². The summed E-state index contributed by atoms with van der Waals surface area (Å²) in [6.45, 7) is 23.3. The van der Waals surface area contributed by atoms with Crippen LogP contribution in [0.15, 0.2) is 263 Å². The van der Waals surface area contributed by atoms with Gasteiger partial charge >= 0.3 is 25.0 Å². The largest absolute Gasteiger partial charge is 0.508 e. The van der Waals surface area contributed by atoms with Gasteiger partial charge < -0.3 is 68.2 Å². The fraction of sp³-hybridized carbons (Fsp3) is 0.228. The quantitative estimate of drug-likeness (QED) is 0.0125. The van der Waals surface area contributed by atoms with E-state index in [0.29, 0.717) is 75.4 Å². The van der Waals surface area contributed by atoms with Crippen molar-refractivity contribution in [2.24, 2.45) is 0 Å². The number of hydrogen-bond donors (Lipinski definition) is 7. The summed E-state index contributed by atoms with van der Waals surface area (Å²) in [7, 11) is -1.40. The van der Waals surface area contributed by atoms with Gasteiger partial charge in [0, 0.05) is 157 Å². The molecule has 38 nitrogen and oxygen atoms in total. The van der Waals surface area contributed by atoms with Crippen molar-refractivity contribution in [1.82, 2.24) is 124 Å². The molecule has 14 aromatic heterocycles. The molecule has 7 N–H and O–H groups in total. The van der Waals surface area contributed by atoms with E-state index in [4.69, 9.17) is 84.3 Å². The Morgan fingerprint density at radius 3 is 1.28 bits per heavy atom. The first kappa shape index (κ1) is 101. The number of piperazine rings is 2. The number of hydrogen-bond acceptors (Lipinski definition) is 31. The van der Waals surface area contributed by atoms with E-state index >= 15 is 0 Å².